The van der Waals surface area contributed by atoms with E-state index in [9.17, 15) is 17.6 Å². The largest absolute Gasteiger partial charge is 0.396 e. The van der Waals surface area contributed by atoms with Gasteiger partial charge in [0, 0.05) is 13.2 Å². The molecule has 3 saturated carbocycles. The second-order valence-electron chi connectivity index (χ2n) is 10.5. The number of halogens is 4. The van der Waals surface area contributed by atoms with Crippen molar-refractivity contribution in [2.75, 3.05) is 19.8 Å². The molecular formula is C25H42F4O3. The molecule has 7 heteroatoms. The summed E-state index contributed by atoms with van der Waals surface area (Å²) in [7, 11) is 0. The molecule has 4 atom stereocenters. The number of ether oxygens (including phenoxy) is 3. The lowest BCUT2D eigenvalue weighted by molar-refractivity contribution is -0.258. The first-order chi connectivity index (χ1) is 15.2. The smallest absolute Gasteiger partial charge is 0.380 e. The summed E-state index contributed by atoms with van der Waals surface area (Å²) in [4.78, 5) is 0. The summed E-state index contributed by atoms with van der Waals surface area (Å²) >= 11 is 0. The van der Waals surface area contributed by atoms with Crippen LogP contribution in [0, 0.1) is 17.3 Å². The Bertz CT molecular complexity index is 544. The Balaban J connectivity index is 1.49. The molecule has 0 aromatic rings. The molecule has 0 aliphatic heterocycles. The van der Waals surface area contributed by atoms with Crippen LogP contribution in [0.3, 0.4) is 0 Å². The van der Waals surface area contributed by atoms with E-state index in [-0.39, 0.29) is 31.3 Å². The highest BCUT2D eigenvalue weighted by Gasteiger charge is 2.56. The van der Waals surface area contributed by atoms with Crippen molar-refractivity contribution < 1.29 is 31.8 Å². The van der Waals surface area contributed by atoms with Gasteiger partial charge in [0.25, 0.3) is 0 Å². The molecule has 0 aromatic heterocycles. The minimum Gasteiger partial charge on any atom is -0.380 e. The summed E-state index contributed by atoms with van der Waals surface area (Å²) in [5.41, 5.74) is -1.86. The molecule has 0 radical (unpaired) electrons. The van der Waals surface area contributed by atoms with E-state index in [1.807, 2.05) is 6.92 Å². The first kappa shape index (κ1) is 26.2. The Morgan fingerprint density at radius 2 is 1.53 bits per heavy atom. The third-order valence-corrected chi connectivity index (χ3v) is 8.12. The number of alkyl halides is 4. The molecule has 3 fully saturated rings. The minimum absolute atomic E-state index is 0.0572. The Morgan fingerprint density at radius 3 is 2.16 bits per heavy atom. The van der Waals surface area contributed by atoms with Crippen molar-refractivity contribution in [3.8, 4) is 0 Å². The maximum absolute atomic E-state index is 14.4. The van der Waals surface area contributed by atoms with Gasteiger partial charge >= 0.3 is 6.18 Å². The van der Waals surface area contributed by atoms with Crippen molar-refractivity contribution in [2.24, 2.45) is 17.3 Å². The van der Waals surface area contributed by atoms with Crippen molar-refractivity contribution in [1.29, 1.82) is 0 Å². The molecule has 3 nitrogen and oxygen atoms in total. The van der Waals surface area contributed by atoms with Gasteiger partial charge < -0.3 is 14.2 Å². The Morgan fingerprint density at radius 1 is 0.844 bits per heavy atom. The first-order valence-corrected chi connectivity index (χ1v) is 12.8. The maximum Gasteiger partial charge on any atom is 0.396 e. The van der Waals surface area contributed by atoms with Gasteiger partial charge in [-0.05, 0) is 83.5 Å². The quantitative estimate of drug-likeness (QED) is 0.342. The van der Waals surface area contributed by atoms with E-state index in [4.69, 9.17) is 14.2 Å². The van der Waals surface area contributed by atoms with Crippen LogP contribution < -0.4 is 0 Å². The lowest BCUT2D eigenvalue weighted by Gasteiger charge is -2.42. The van der Waals surface area contributed by atoms with Gasteiger partial charge in [0.05, 0.1) is 30.3 Å². The monoisotopic (exact) mass is 466 g/mol. The molecule has 32 heavy (non-hydrogen) atoms. The second kappa shape index (κ2) is 11.8. The summed E-state index contributed by atoms with van der Waals surface area (Å²) in [6.07, 6.45) is 3.86. The first-order valence-electron chi connectivity index (χ1n) is 12.8. The van der Waals surface area contributed by atoms with Crippen LogP contribution in [0.1, 0.15) is 90.9 Å². The van der Waals surface area contributed by atoms with Crippen molar-refractivity contribution in [3.05, 3.63) is 0 Å². The number of hydrogen-bond donors (Lipinski definition) is 0. The van der Waals surface area contributed by atoms with Crippen LogP contribution in [0.5, 0.6) is 0 Å². The fourth-order valence-corrected chi connectivity index (χ4v) is 5.89. The molecule has 4 unspecified atom stereocenters. The molecule has 3 rings (SSSR count). The normalized spacial score (nSPS) is 34.9. The maximum atomic E-state index is 14.4. The summed E-state index contributed by atoms with van der Waals surface area (Å²) in [6.45, 7) is 3.75. The van der Waals surface area contributed by atoms with E-state index in [0.29, 0.717) is 51.6 Å². The van der Waals surface area contributed by atoms with Gasteiger partial charge in [0.2, 0.25) is 0 Å². The van der Waals surface area contributed by atoms with Crippen molar-refractivity contribution in [1.82, 2.24) is 0 Å². The molecular weight excluding hydrogens is 424 g/mol. The van der Waals surface area contributed by atoms with Crippen LogP contribution in [0.25, 0.3) is 0 Å². The highest BCUT2D eigenvalue weighted by Crippen LogP contribution is 2.50. The fraction of sp³-hybridized carbons (Fsp3) is 1.00. The predicted octanol–water partition coefficient (Wildman–Crippen LogP) is 7.02. The lowest BCUT2D eigenvalue weighted by atomic mass is 9.69. The Labute approximate surface area is 190 Å². The standard InChI is InChI=1S/C25H42F4O3/c1-3-31-20-12-10-19(11-13-20)24(2,25(27,28)29)17-30-16-18-9-14-22(26)23(15-18)32-21-7-5-4-6-8-21/h18-23H,3-17H2,1-2H3. The molecule has 3 aliphatic rings. The molecule has 0 spiro atoms. The van der Waals surface area contributed by atoms with E-state index in [0.717, 1.165) is 25.7 Å². The van der Waals surface area contributed by atoms with Crippen LogP contribution in [-0.2, 0) is 14.2 Å². The molecule has 0 aromatic carbocycles. The zero-order chi connectivity index (χ0) is 23.2. The predicted molar refractivity (Wildman–Crippen MR) is 116 cm³/mol. The number of hydrogen-bond acceptors (Lipinski definition) is 3. The topological polar surface area (TPSA) is 27.7 Å². The van der Waals surface area contributed by atoms with Crippen molar-refractivity contribution in [3.63, 3.8) is 0 Å². The van der Waals surface area contributed by atoms with E-state index >= 15 is 0 Å². The lowest BCUT2D eigenvalue weighted by Crippen LogP contribution is -2.47. The summed E-state index contributed by atoms with van der Waals surface area (Å²) in [6, 6.07) is 0. The van der Waals surface area contributed by atoms with Crippen LogP contribution >= 0.6 is 0 Å². The van der Waals surface area contributed by atoms with E-state index in [1.165, 1.54) is 13.3 Å². The average molecular weight is 467 g/mol. The van der Waals surface area contributed by atoms with Gasteiger partial charge in [0.1, 0.15) is 6.17 Å². The van der Waals surface area contributed by atoms with Crippen molar-refractivity contribution >= 4 is 0 Å². The fourth-order valence-electron chi connectivity index (χ4n) is 5.89. The minimum atomic E-state index is -4.32. The van der Waals surface area contributed by atoms with Gasteiger partial charge in [0.15, 0.2) is 0 Å². The summed E-state index contributed by atoms with van der Waals surface area (Å²) in [5, 5.41) is 0. The van der Waals surface area contributed by atoms with Gasteiger partial charge in [-0.15, -0.1) is 0 Å². The van der Waals surface area contributed by atoms with Crippen molar-refractivity contribution in [2.45, 2.75) is 122 Å². The van der Waals surface area contributed by atoms with Crippen LogP contribution in [0.15, 0.2) is 0 Å². The summed E-state index contributed by atoms with van der Waals surface area (Å²) in [5.74, 6) is -0.398. The third kappa shape index (κ3) is 6.82. The van der Waals surface area contributed by atoms with Crippen LogP contribution in [0.4, 0.5) is 17.6 Å². The van der Waals surface area contributed by atoms with E-state index in [2.05, 4.69) is 0 Å². The molecule has 0 amide bonds. The molecule has 0 N–H and O–H groups in total. The molecule has 0 heterocycles. The molecule has 0 saturated heterocycles. The van der Waals surface area contributed by atoms with Crippen LogP contribution in [-0.4, -0.2) is 50.5 Å². The van der Waals surface area contributed by atoms with Gasteiger partial charge in [-0.1, -0.05) is 19.3 Å². The zero-order valence-electron chi connectivity index (χ0n) is 19.8. The van der Waals surface area contributed by atoms with E-state index in [1.54, 1.807) is 0 Å². The number of rotatable bonds is 9. The Hall–Kier alpha value is -0.400. The molecule has 3 aliphatic carbocycles. The highest BCUT2D eigenvalue weighted by atomic mass is 19.4. The van der Waals surface area contributed by atoms with Gasteiger partial charge in [-0.3, -0.25) is 0 Å². The van der Waals surface area contributed by atoms with Crippen LogP contribution in [0.2, 0.25) is 0 Å². The Kier molecular flexibility index (Phi) is 9.69. The molecule has 0 bridgehead atoms. The SMILES string of the molecule is CCOC1CCC(C(C)(COCC2CCC(F)C(OC3CCCCC3)C2)C(F)(F)F)CC1. The second-order valence-corrected chi connectivity index (χ2v) is 10.5. The van der Waals surface area contributed by atoms with Gasteiger partial charge in [-0.25, -0.2) is 4.39 Å². The third-order valence-electron chi connectivity index (χ3n) is 8.12. The van der Waals surface area contributed by atoms with E-state index < -0.39 is 29.8 Å². The summed E-state index contributed by atoms with van der Waals surface area (Å²) < 4.78 is 74.1. The van der Waals surface area contributed by atoms with Gasteiger partial charge in [-0.2, -0.15) is 13.2 Å². The molecule has 188 valence electrons. The zero-order valence-corrected chi connectivity index (χ0v) is 19.8. The highest BCUT2D eigenvalue weighted by molar-refractivity contribution is 4.92. The average Bonchev–Trinajstić information content (AvgIpc) is 2.76.